The number of phenolic OH excluding ortho intramolecular Hbond substituents is 1. The monoisotopic (exact) mass is 377 g/mol. The van der Waals surface area contributed by atoms with Crippen molar-refractivity contribution in [1.82, 2.24) is 25.5 Å². The molecule has 2 aromatic heterocycles. The van der Waals surface area contributed by atoms with Gasteiger partial charge in [0, 0.05) is 35.4 Å². The predicted molar refractivity (Wildman–Crippen MR) is 104 cm³/mol. The first-order valence-corrected chi connectivity index (χ1v) is 9.55. The van der Waals surface area contributed by atoms with Gasteiger partial charge >= 0.3 is 0 Å². The normalized spacial score (nSPS) is 25.9. The van der Waals surface area contributed by atoms with Gasteiger partial charge in [-0.25, -0.2) is 9.37 Å². The molecule has 6 nitrogen and oxygen atoms in total. The number of alkyl halides is 1. The Morgan fingerprint density at radius 3 is 2.93 bits per heavy atom. The quantitative estimate of drug-likeness (QED) is 0.712. The Labute approximate surface area is 161 Å². The molecule has 2 unspecified atom stereocenters. The second kappa shape index (κ2) is 6.91. The zero-order valence-electron chi connectivity index (χ0n) is 15.2. The average molecular weight is 377 g/mol. The number of aromatic hydroxyl groups is 1. The van der Waals surface area contributed by atoms with E-state index in [-0.39, 0.29) is 11.8 Å². The van der Waals surface area contributed by atoms with Crippen LogP contribution in [0.4, 0.5) is 4.39 Å². The van der Waals surface area contributed by atoms with E-state index in [9.17, 15) is 9.50 Å². The van der Waals surface area contributed by atoms with Crippen LogP contribution in [0.25, 0.3) is 28.1 Å². The molecule has 142 valence electrons. The first-order valence-electron chi connectivity index (χ1n) is 9.55. The average Bonchev–Trinajstić information content (AvgIpc) is 2.72. The number of nitrogens with zero attached hydrogens (tertiary/aromatic N) is 4. The number of nitrogens with one attached hydrogen (secondary N) is 1. The highest BCUT2D eigenvalue weighted by Gasteiger charge is 2.36. The van der Waals surface area contributed by atoms with Crippen molar-refractivity contribution in [3.05, 3.63) is 48.2 Å². The molecule has 7 heteroatoms. The summed E-state index contributed by atoms with van der Waals surface area (Å²) in [5.74, 6) is 0.489. The van der Waals surface area contributed by atoms with Crippen molar-refractivity contribution < 1.29 is 9.50 Å². The number of piperidine rings is 2. The third kappa shape index (κ3) is 3.11. The first kappa shape index (κ1) is 17.2. The van der Waals surface area contributed by atoms with Crippen LogP contribution >= 0.6 is 0 Å². The molecule has 2 aliphatic heterocycles. The van der Waals surface area contributed by atoms with E-state index in [1.54, 1.807) is 30.7 Å². The first-order chi connectivity index (χ1) is 13.7. The molecule has 2 fully saturated rings. The molecule has 2 N–H and O–H groups in total. The second-order valence-corrected chi connectivity index (χ2v) is 7.52. The lowest BCUT2D eigenvalue weighted by Crippen LogP contribution is -2.52. The summed E-state index contributed by atoms with van der Waals surface area (Å²) in [4.78, 5) is 8.40. The third-order valence-corrected chi connectivity index (χ3v) is 5.63. The number of aromatic nitrogens is 4. The van der Waals surface area contributed by atoms with Crippen LogP contribution in [0.3, 0.4) is 0 Å². The Hall–Kier alpha value is -2.93. The molecule has 3 atom stereocenters. The Morgan fingerprint density at radius 1 is 1.14 bits per heavy atom. The van der Waals surface area contributed by atoms with E-state index in [4.69, 9.17) is 0 Å². The summed E-state index contributed by atoms with van der Waals surface area (Å²) in [5.41, 5.74) is 1.76. The summed E-state index contributed by atoms with van der Waals surface area (Å²) in [6.45, 7) is 0. The molecule has 3 aromatic rings. The molecule has 0 spiro atoms. The number of hydrogen-bond donors (Lipinski definition) is 2. The number of benzene rings is 1. The molecule has 0 amide bonds. The van der Waals surface area contributed by atoms with Crippen LogP contribution in [0.1, 0.15) is 31.5 Å². The highest BCUT2D eigenvalue weighted by molar-refractivity contribution is 5.89. The Kier molecular flexibility index (Phi) is 4.24. The van der Waals surface area contributed by atoms with Crippen molar-refractivity contribution in [2.75, 3.05) is 0 Å². The van der Waals surface area contributed by atoms with E-state index in [2.05, 4.69) is 25.5 Å². The van der Waals surface area contributed by atoms with Gasteiger partial charge < -0.3 is 10.4 Å². The summed E-state index contributed by atoms with van der Waals surface area (Å²) in [7, 11) is 0. The molecule has 1 aromatic carbocycles. The van der Waals surface area contributed by atoms with Gasteiger partial charge in [-0.05, 0) is 54.5 Å². The van der Waals surface area contributed by atoms with Gasteiger partial charge in [-0.1, -0.05) is 6.42 Å². The molecule has 2 bridgehead atoms. The van der Waals surface area contributed by atoms with Gasteiger partial charge in [0.1, 0.15) is 17.6 Å². The Morgan fingerprint density at radius 2 is 2.07 bits per heavy atom. The van der Waals surface area contributed by atoms with Gasteiger partial charge in [-0.15, -0.1) is 10.2 Å². The lowest BCUT2D eigenvalue weighted by Gasteiger charge is -2.39. The second-order valence-electron chi connectivity index (χ2n) is 7.52. The minimum absolute atomic E-state index is 0.0951. The van der Waals surface area contributed by atoms with Gasteiger partial charge in [0.25, 0.3) is 0 Å². The third-order valence-electron chi connectivity index (χ3n) is 5.63. The van der Waals surface area contributed by atoms with Crippen molar-refractivity contribution in [3.63, 3.8) is 0 Å². The lowest BCUT2D eigenvalue weighted by atomic mass is 9.82. The highest BCUT2D eigenvalue weighted by atomic mass is 19.1. The molecular formula is C21H20FN5O. The van der Waals surface area contributed by atoms with E-state index in [0.717, 1.165) is 35.6 Å². The fraction of sp³-hybridized carbons (Fsp3) is 0.333. The maximum atomic E-state index is 14.7. The van der Waals surface area contributed by atoms with Crippen LogP contribution < -0.4 is 5.32 Å². The molecular weight excluding hydrogens is 357 g/mol. The Balaban J connectivity index is 1.44. The van der Waals surface area contributed by atoms with Crippen LogP contribution in [-0.4, -0.2) is 43.5 Å². The SMILES string of the molecule is Oc1cc2cnccc2cc1-c1cnc(/C=C2\CC3CCCC(N3)[C@H]2F)nn1. The van der Waals surface area contributed by atoms with Crippen molar-refractivity contribution in [2.45, 2.75) is 43.9 Å². The molecule has 28 heavy (non-hydrogen) atoms. The lowest BCUT2D eigenvalue weighted by molar-refractivity contribution is 0.179. The van der Waals surface area contributed by atoms with E-state index in [1.807, 2.05) is 12.1 Å². The molecule has 2 saturated heterocycles. The predicted octanol–water partition coefficient (Wildman–Crippen LogP) is 3.43. The topological polar surface area (TPSA) is 83.8 Å². The summed E-state index contributed by atoms with van der Waals surface area (Å²) < 4.78 is 14.7. The van der Waals surface area contributed by atoms with Crippen molar-refractivity contribution in [3.8, 4) is 17.0 Å². The van der Waals surface area contributed by atoms with E-state index in [0.29, 0.717) is 29.5 Å². The van der Waals surface area contributed by atoms with Gasteiger partial charge in [-0.3, -0.25) is 4.98 Å². The molecule has 0 aliphatic carbocycles. The molecule has 4 heterocycles. The number of halogens is 1. The number of phenols is 1. The number of hydrogen-bond acceptors (Lipinski definition) is 6. The van der Waals surface area contributed by atoms with Gasteiger partial charge in [0.05, 0.1) is 6.20 Å². The number of pyridine rings is 1. The summed E-state index contributed by atoms with van der Waals surface area (Å²) in [6.07, 6.45) is 9.38. The minimum Gasteiger partial charge on any atom is -0.507 e. The number of rotatable bonds is 2. The molecule has 0 saturated carbocycles. The molecule has 0 radical (unpaired) electrons. The zero-order valence-corrected chi connectivity index (χ0v) is 15.2. The smallest absolute Gasteiger partial charge is 0.174 e. The maximum Gasteiger partial charge on any atom is 0.174 e. The fourth-order valence-corrected chi connectivity index (χ4v) is 4.21. The van der Waals surface area contributed by atoms with Crippen molar-refractivity contribution in [1.29, 1.82) is 0 Å². The standard InChI is InChI=1S/C21H20FN5O/c22-21-13(6-15-2-1-3-17(21)25-15)9-20-24-11-18(26-27-20)16-7-12-4-5-23-10-14(12)8-19(16)28/h4-5,7-11,15,17,21,25,28H,1-3,6H2/b13-9+/t15?,17?,21-/m0/s1. The number of fused-ring (bicyclic) bond motifs is 3. The van der Waals surface area contributed by atoms with E-state index < -0.39 is 6.17 Å². The zero-order chi connectivity index (χ0) is 19.1. The van der Waals surface area contributed by atoms with Gasteiger partial charge in [0.2, 0.25) is 0 Å². The van der Waals surface area contributed by atoms with Crippen molar-refractivity contribution >= 4 is 16.8 Å². The fourth-order valence-electron chi connectivity index (χ4n) is 4.21. The van der Waals surface area contributed by atoms with Gasteiger partial charge in [-0.2, -0.15) is 0 Å². The van der Waals surface area contributed by atoms with Crippen LogP contribution in [0.2, 0.25) is 0 Å². The van der Waals surface area contributed by atoms with E-state index >= 15 is 0 Å². The van der Waals surface area contributed by atoms with Crippen LogP contribution in [-0.2, 0) is 0 Å². The van der Waals surface area contributed by atoms with Crippen LogP contribution in [0, 0.1) is 0 Å². The summed E-state index contributed by atoms with van der Waals surface area (Å²) in [6, 6.07) is 5.59. The largest absolute Gasteiger partial charge is 0.507 e. The summed E-state index contributed by atoms with van der Waals surface area (Å²) >= 11 is 0. The highest BCUT2D eigenvalue weighted by Crippen LogP contribution is 2.33. The molecule has 5 rings (SSSR count). The summed E-state index contributed by atoms with van der Waals surface area (Å²) in [5, 5.41) is 23.8. The van der Waals surface area contributed by atoms with Gasteiger partial charge in [0.15, 0.2) is 5.82 Å². The maximum absolute atomic E-state index is 14.7. The Bertz CT molecular complexity index is 1050. The minimum atomic E-state index is -1.00. The van der Waals surface area contributed by atoms with Crippen molar-refractivity contribution in [2.24, 2.45) is 0 Å². The van der Waals surface area contributed by atoms with Crippen LogP contribution in [0.5, 0.6) is 5.75 Å². The molecule has 2 aliphatic rings. The van der Waals surface area contributed by atoms with Crippen LogP contribution in [0.15, 0.2) is 42.4 Å². The van der Waals surface area contributed by atoms with E-state index in [1.165, 1.54) is 0 Å².